The maximum Gasteiger partial charge on any atom is 0.205 e. The van der Waals surface area contributed by atoms with Crippen molar-refractivity contribution < 1.29 is 14.0 Å². The van der Waals surface area contributed by atoms with Crippen molar-refractivity contribution in [1.82, 2.24) is 9.80 Å². The van der Waals surface area contributed by atoms with E-state index in [-0.39, 0.29) is 0 Å². The Morgan fingerprint density at radius 3 is 1.38 bits per heavy atom. The summed E-state index contributed by atoms with van der Waals surface area (Å²) in [5.74, 6) is 1.83. The molecule has 0 spiro atoms. The molecule has 0 aliphatic heterocycles. The van der Waals surface area contributed by atoms with Gasteiger partial charge in [-0.3, -0.25) is 0 Å². The van der Waals surface area contributed by atoms with Crippen molar-refractivity contribution in [3.8, 4) is 11.5 Å². The summed E-state index contributed by atoms with van der Waals surface area (Å²) in [6.07, 6.45) is 10.6. The van der Waals surface area contributed by atoms with Crippen molar-refractivity contribution in [2.24, 2.45) is 7.05 Å². The van der Waals surface area contributed by atoms with Gasteiger partial charge in [0, 0.05) is 37.4 Å². The van der Waals surface area contributed by atoms with Crippen molar-refractivity contribution in [2.45, 2.75) is 12.8 Å². The molecular formula is C32H42N3O2+. The summed E-state index contributed by atoms with van der Waals surface area (Å²) in [4.78, 5) is 4.34. The molecule has 1 aromatic heterocycles. The molecule has 3 rings (SSSR count). The molecular weight excluding hydrogens is 458 g/mol. The van der Waals surface area contributed by atoms with Crippen molar-refractivity contribution in [3.63, 3.8) is 0 Å². The van der Waals surface area contributed by atoms with Gasteiger partial charge in [-0.1, -0.05) is 24.3 Å². The Balaban J connectivity index is 1.55. The third-order valence-electron chi connectivity index (χ3n) is 6.00. The lowest BCUT2D eigenvalue weighted by Gasteiger charge is -2.10. The van der Waals surface area contributed by atoms with Gasteiger partial charge in [0.1, 0.15) is 18.5 Å². The largest absolute Gasteiger partial charge is 0.494 e. The first-order chi connectivity index (χ1) is 17.9. The average Bonchev–Trinajstić information content (AvgIpc) is 2.89. The van der Waals surface area contributed by atoms with E-state index in [2.05, 4.69) is 116 Å². The van der Waals surface area contributed by atoms with Gasteiger partial charge in [0.05, 0.1) is 13.2 Å². The van der Waals surface area contributed by atoms with Gasteiger partial charge in [0.2, 0.25) is 11.4 Å². The van der Waals surface area contributed by atoms with Crippen LogP contribution in [-0.2, 0) is 7.05 Å². The van der Waals surface area contributed by atoms with E-state index in [1.807, 2.05) is 24.3 Å². The monoisotopic (exact) mass is 500 g/mol. The fourth-order valence-electron chi connectivity index (χ4n) is 3.81. The van der Waals surface area contributed by atoms with Crippen LogP contribution in [0.1, 0.15) is 35.4 Å². The molecule has 0 bridgehead atoms. The molecule has 0 N–H and O–H groups in total. The second-order valence-corrected chi connectivity index (χ2v) is 9.75. The number of pyridine rings is 1. The van der Waals surface area contributed by atoms with Crippen LogP contribution in [0.5, 0.6) is 11.5 Å². The topological polar surface area (TPSA) is 28.8 Å². The molecule has 5 heteroatoms. The van der Waals surface area contributed by atoms with Crippen molar-refractivity contribution in [3.05, 3.63) is 89.2 Å². The maximum absolute atomic E-state index is 5.84. The summed E-state index contributed by atoms with van der Waals surface area (Å²) in [7, 11) is 10.4. The molecule has 0 saturated carbocycles. The predicted molar refractivity (Wildman–Crippen MR) is 156 cm³/mol. The van der Waals surface area contributed by atoms with E-state index in [0.29, 0.717) is 0 Å². The van der Waals surface area contributed by atoms with E-state index in [9.17, 15) is 0 Å². The molecule has 2 aromatic carbocycles. The van der Waals surface area contributed by atoms with Crippen LogP contribution in [0, 0.1) is 0 Å². The van der Waals surface area contributed by atoms with E-state index in [0.717, 1.165) is 73.2 Å². The van der Waals surface area contributed by atoms with Crippen molar-refractivity contribution in [2.75, 3.05) is 54.5 Å². The number of aromatic nitrogens is 1. The summed E-state index contributed by atoms with van der Waals surface area (Å²) < 4.78 is 13.9. The minimum absolute atomic E-state index is 0.735. The molecule has 3 aromatic rings. The molecule has 0 aliphatic rings. The second-order valence-electron chi connectivity index (χ2n) is 9.75. The van der Waals surface area contributed by atoms with Crippen molar-refractivity contribution >= 4 is 24.3 Å². The Kier molecular flexibility index (Phi) is 11.4. The van der Waals surface area contributed by atoms with E-state index in [1.54, 1.807) is 0 Å². The smallest absolute Gasteiger partial charge is 0.205 e. The van der Waals surface area contributed by atoms with Crippen LogP contribution >= 0.6 is 0 Å². The first-order valence-corrected chi connectivity index (χ1v) is 13.0. The summed E-state index contributed by atoms with van der Waals surface area (Å²) in [5.41, 5.74) is 4.55. The van der Waals surface area contributed by atoms with E-state index >= 15 is 0 Å². The number of ether oxygens (including phenoxy) is 2. The van der Waals surface area contributed by atoms with Crippen LogP contribution in [0.15, 0.2) is 66.7 Å². The highest BCUT2D eigenvalue weighted by Gasteiger charge is 2.07. The number of benzene rings is 2. The molecule has 1 heterocycles. The van der Waals surface area contributed by atoms with Crippen molar-refractivity contribution in [1.29, 1.82) is 0 Å². The fourth-order valence-corrected chi connectivity index (χ4v) is 3.81. The normalized spacial score (nSPS) is 11.8. The minimum Gasteiger partial charge on any atom is -0.494 e. The molecule has 0 aliphatic carbocycles. The molecule has 196 valence electrons. The van der Waals surface area contributed by atoms with Crippen LogP contribution in [-0.4, -0.2) is 64.3 Å². The van der Waals surface area contributed by atoms with Crippen LogP contribution in [0.25, 0.3) is 24.3 Å². The Morgan fingerprint density at radius 1 is 0.595 bits per heavy atom. The zero-order valence-corrected chi connectivity index (χ0v) is 23.1. The predicted octanol–water partition coefficient (Wildman–Crippen LogP) is 5.51. The van der Waals surface area contributed by atoms with Gasteiger partial charge in [-0.15, -0.1) is 0 Å². The third-order valence-corrected chi connectivity index (χ3v) is 6.00. The molecule has 5 nitrogen and oxygen atoms in total. The first-order valence-electron chi connectivity index (χ1n) is 13.0. The van der Waals surface area contributed by atoms with Crippen LogP contribution < -0.4 is 14.0 Å². The quantitative estimate of drug-likeness (QED) is 0.216. The van der Waals surface area contributed by atoms with E-state index in [4.69, 9.17) is 9.47 Å². The Morgan fingerprint density at radius 2 is 1.00 bits per heavy atom. The lowest BCUT2D eigenvalue weighted by atomic mass is 10.1. The SMILES string of the molecule is CN(C)CCCOc1ccc(/C=C/c2cccc(/C=C/c3ccc(OCCCN(C)C)cc3)[n+]2C)cc1. The van der Waals surface area contributed by atoms with Gasteiger partial charge in [0.15, 0.2) is 0 Å². The summed E-state index contributed by atoms with van der Waals surface area (Å²) in [6.45, 7) is 3.53. The summed E-state index contributed by atoms with van der Waals surface area (Å²) in [6, 6.07) is 22.9. The third kappa shape index (κ3) is 10.2. The number of hydrogen-bond donors (Lipinski definition) is 0. The number of hydrogen-bond acceptors (Lipinski definition) is 4. The molecule has 0 saturated heterocycles. The average molecular weight is 501 g/mol. The highest BCUT2D eigenvalue weighted by atomic mass is 16.5. The molecule has 37 heavy (non-hydrogen) atoms. The number of nitrogens with zero attached hydrogens (tertiary/aromatic N) is 3. The van der Waals surface area contributed by atoms with Crippen LogP contribution in [0.2, 0.25) is 0 Å². The molecule has 0 unspecified atom stereocenters. The van der Waals surface area contributed by atoms with Gasteiger partial charge < -0.3 is 19.3 Å². The van der Waals surface area contributed by atoms with Gasteiger partial charge >= 0.3 is 0 Å². The molecule has 0 amide bonds. The fraction of sp³-hybridized carbons (Fsp3) is 0.344. The van der Waals surface area contributed by atoms with Gasteiger partial charge in [-0.05, 0) is 94.6 Å². The molecule has 0 atom stereocenters. The molecule has 0 fully saturated rings. The van der Waals surface area contributed by atoms with Gasteiger partial charge in [-0.2, -0.15) is 4.57 Å². The molecule has 0 radical (unpaired) electrons. The summed E-state index contributed by atoms with van der Waals surface area (Å²) in [5, 5.41) is 0. The van der Waals surface area contributed by atoms with Crippen LogP contribution in [0.4, 0.5) is 0 Å². The summed E-state index contributed by atoms with van der Waals surface area (Å²) >= 11 is 0. The zero-order valence-electron chi connectivity index (χ0n) is 23.1. The highest BCUT2D eigenvalue weighted by molar-refractivity contribution is 5.69. The minimum atomic E-state index is 0.735. The Labute approximate surface area is 223 Å². The van der Waals surface area contributed by atoms with E-state index in [1.165, 1.54) is 0 Å². The lowest BCUT2D eigenvalue weighted by Crippen LogP contribution is -2.35. The van der Waals surface area contributed by atoms with Crippen LogP contribution in [0.3, 0.4) is 0 Å². The number of rotatable bonds is 14. The first kappa shape index (κ1) is 28.2. The Hall–Kier alpha value is -3.41. The highest BCUT2D eigenvalue weighted by Crippen LogP contribution is 2.16. The second kappa shape index (κ2) is 15.0. The standard InChI is InChI=1S/C32H42N3O2/c1-33(2)23-7-25-36-31-19-13-27(14-20-31)11-17-29-9-6-10-30(35(29)5)18-12-28-15-21-32(22-16-28)37-26-8-24-34(3)4/h6,9-22H,7-8,23-26H2,1-5H3/q+1/b17-11+,18-12+. The Bertz CT molecular complexity index is 1050. The van der Waals surface area contributed by atoms with E-state index < -0.39 is 0 Å². The zero-order chi connectivity index (χ0) is 26.5. The van der Waals surface area contributed by atoms with Gasteiger partial charge in [-0.25, -0.2) is 0 Å². The maximum atomic E-state index is 5.84. The lowest BCUT2D eigenvalue weighted by molar-refractivity contribution is -0.675. The van der Waals surface area contributed by atoms with Gasteiger partial charge in [0.25, 0.3) is 0 Å².